The third-order valence-corrected chi connectivity index (χ3v) is 1.81. The fourth-order valence-electron chi connectivity index (χ4n) is 1.18. The Morgan fingerprint density at radius 1 is 1.67 bits per heavy atom. The average molecular weight is 168 g/mol. The van der Waals surface area contributed by atoms with E-state index in [9.17, 15) is 9.90 Å². The van der Waals surface area contributed by atoms with Gasteiger partial charge in [0.05, 0.1) is 5.69 Å². The Hall–Kier alpha value is -1.32. The summed E-state index contributed by atoms with van der Waals surface area (Å²) in [7, 11) is 1.71. The molecule has 0 saturated carbocycles. The molecule has 0 radical (unpaired) electrons. The number of hydrogen-bond donors (Lipinski definition) is 1. The van der Waals surface area contributed by atoms with Crippen molar-refractivity contribution in [1.82, 2.24) is 9.78 Å². The molecule has 0 bridgehead atoms. The second kappa shape index (κ2) is 2.97. The molecule has 0 aliphatic heterocycles. The number of ketones is 1. The summed E-state index contributed by atoms with van der Waals surface area (Å²) in [6.07, 6.45) is 0.669. The van der Waals surface area contributed by atoms with E-state index < -0.39 is 0 Å². The third-order valence-electron chi connectivity index (χ3n) is 1.81. The van der Waals surface area contributed by atoms with E-state index in [4.69, 9.17) is 0 Å². The number of aromatic nitrogens is 2. The van der Waals surface area contributed by atoms with Crippen LogP contribution in [0, 0.1) is 0 Å². The quantitative estimate of drug-likeness (QED) is 0.667. The Morgan fingerprint density at radius 2 is 2.25 bits per heavy atom. The van der Waals surface area contributed by atoms with Gasteiger partial charge in [-0.05, 0) is 6.42 Å². The molecule has 0 aliphatic carbocycles. The fourth-order valence-corrected chi connectivity index (χ4v) is 1.18. The summed E-state index contributed by atoms with van der Waals surface area (Å²) in [5.41, 5.74) is 0.856. The van der Waals surface area contributed by atoms with Crippen molar-refractivity contribution in [3.8, 4) is 5.75 Å². The molecule has 0 fully saturated rings. The van der Waals surface area contributed by atoms with Crippen molar-refractivity contribution in [2.75, 3.05) is 0 Å². The van der Waals surface area contributed by atoms with E-state index in [0.717, 1.165) is 0 Å². The summed E-state index contributed by atoms with van der Waals surface area (Å²) >= 11 is 0. The lowest BCUT2D eigenvalue weighted by atomic mass is 10.2. The Kier molecular flexibility index (Phi) is 2.17. The molecule has 0 spiro atoms. The first-order chi connectivity index (χ1) is 5.57. The van der Waals surface area contributed by atoms with Crippen molar-refractivity contribution in [2.24, 2.45) is 7.05 Å². The largest absolute Gasteiger partial charge is 0.504 e. The highest BCUT2D eigenvalue weighted by Crippen LogP contribution is 2.21. The number of aryl methyl sites for hydroxylation is 1. The fraction of sp³-hybridized carbons (Fsp3) is 0.500. The average Bonchev–Trinajstić information content (AvgIpc) is 2.27. The van der Waals surface area contributed by atoms with E-state index in [2.05, 4.69) is 5.10 Å². The maximum Gasteiger partial charge on any atom is 0.183 e. The highest BCUT2D eigenvalue weighted by molar-refractivity contribution is 5.94. The Bertz CT molecular complexity index is 315. The molecule has 0 aliphatic rings. The van der Waals surface area contributed by atoms with Crippen LogP contribution in [0.1, 0.15) is 30.0 Å². The zero-order valence-corrected chi connectivity index (χ0v) is 7.46. The zero-order chi connectivity index (χ0) is 9.30. The van der Waals surface area contributed by atoms with Crippen LogP contribution >= 0.6 is 0 Å². The van der Waals surface area contributed by atoms with Crippen molar-refractivity contribution in [3.05, 3.63) is 11.4 Å². The molecular formula is C8H12N2O2. The van der Waals surface area contributed by atoms with Gasteiger partial charge in [-0.3, -0.25) is 9.48 Å². The standard InChI is InChI=1S/C8H12N2O2/c1-4-6-8(12)7(5(2)11)9-10(6)3/h12H,4H2,1-3H3. The van der Waals surface area contributed by atoms with Crippen molar-refractivity contribution < 1.29 is 9.90 Å². The van der Waals surface area contributed by atoms with Crippen LogP contribution < -0.4 is 0 Å². The van der Waals surface area contributed by atoms with Crippen molar-refractivity contribution in [1.29, 1.82) is 0 Å². The van der Waals surface area contributed by atoms with Gasteiger partial charge in [0.2, 0.25) is 0 Å². The van der Waals surface area contributed by atoms with Crippen molar-refractivity contribution in [3.63, 3.8) is 0 Å². The first kappa shape index (κ1) is 8.77. The van der Waals surface area contributed by atoms with Crippen LogP contribution in [0.4, 0.5) is 0 Å². The van der Waals surface area contributed by atoms with Gasteiger partial charge in [0.1, 0.15) is 0 Å². The molecule has 0 amide bonds. The maximum atomic E-state index is 10.9. The smallest absolute Gasteiger partial charge is 0.183 e. The van der Waals surface area contributed by atoms with Gasteiger partial charge < -0.3 is 5.11 Å². The number of rotatable bonds is 2. The highest BCUT2D eigenvalue weighted by atomic mass is 16.3. The number of carbonyl (C=O) groups is 1. The molecule has 1 rings (SSSR count). The Balaban J connectivity index is 3.26. The Morgan fingerprint density at radius 3 is 2.50 bits per heavy atom. The molecule has 12 heavy (non-hydrogen) atoms. The number of aromatic hydroxyl groups is 1. The molecule has 66 valence electrons. The van der Waals surface area contributed by atoms with E-state index in [1.165, 1.54) is 11.6 Å². The van der Waals surface area contributed by atoms with Gasteiger partial charge in [-0.1, -0.05) is 6.92 Å². The summed E-state index contributed by atoms with van der Waals surface area (Å²) in [6.45, 7) is 3.29. The molecular weight excluding hydrogens is 156 g/mol. The molecule has 0 aromatic carbocycles. The van der Waals surface area contributed by atoms with Gasteiger partial charge in [0.25, 0.3) is 0 Å². The topological polar surface area (TPSA) is 55.1 Å². The second-order valence-electron chi connectivity index (χ2n) is 2.68. The second-order valence-corrected chi connectivity index (χ2v) is 2.68. The minimum Gasteiger partial charge on any atom is -0.504 e. The van der Waals surface area contributed by atoms with E-state index >= 15 is 0 Å². The molecule has 4 nitrogen and oxygen atoms in total. The normalized spacial score (nSPS) is 10.2. The van der Waals surface area contributed by atoms with Gasteiger partial charge in [0.15, 0.2) is 17.2 Å². The first-order valence-electron chi connectivity index (χ1n) is 3.83. The maximum absolute atomic E-state index is 10.9. The third kappa shape index (κ3) is 1.20. The number of carbonyl (C=O) groups excluding carboxylic acids is 1. The van der Waals surface area contributed by atoms with Crippen LogP contribution in [0.15, 0.2) is 0 Å². The van der Waals surface area contributed by atoms with E-state index in [0.29, 0.717) is 12.1 Å². The van der Waals surface area contributed by atoms with Gasteiger partial charge in [0, 0.05) is 14.0 Å². The van der Waals surface area contributed by atoms with Crippen LogP contribution in [0.25, 0.3) is 0 Å². The summed E-state index contributed by atoms with van der Waals surface area (Å²) < 4.78 is 1.53. The lowest BCUT2D eigenvalue weighted by Crippen LogP contribution is -1.97. The van der Waals surface area contributed by atoms with Crippen molar-refractivity contribution in [2.45, 2.75) is 20.3 Å². The number of nitrogens with zero attached hydrogens (tertiary/aromatic N) is 2. The van der Waals surface area contributed by atoms with E-state index in [1.54, 1.807) is 7.05 Å². The molecule has 4 heteroatoms. The molecule has 0 saturated heterocycles. The SMILES string of the molecule is CCc1c(O)c(C(C)=O)nn1C. The Labute approximate surface area is 70.8 Å². The summed E-state index contributed by atoms with van der Waals surface area (Å²) in [5.74, 6) is -0.185. The molecule has 1 heterocycles. The van der Waals surface area contributed by atoms with Crippen LogP contribution in [-0.2, 0) is 13.5 Å². The van der Waals surface area contributed by atoms with E-state index in [1.807, 2.05) is 6.92 Å². The van der Waals surface area contributed by atoms with Crippen LogP contribution in [0.5, 0.6) is 5.75 Å². The zero-order valence-electron chi connectivity index (χ0n) is 7.46. The van der Waals surface area contributed by atoms with Crippen molar-refractivity contribution >= 4 is 5.78 Å². The summed E-state index contributed by atoms with van der Waals surface area (Å²) in [4.78, 5) is 10.9. The van der Waals surface area contributed by atoms with E-state index in [-0.39, 0.29) is 17.2 Å². The van der Waals surface area contributed by atoms with Crippen LogP contribution in [0.3, 0.4) is 0 Å². The molecule has 1 N–H and O–H groups in total. The number of hydrogen-bond acceptors (Lipinski definition) is 3. The highest BCUT2D eigenvalue weighted by Gasteiger charge is 2.16. The predicted octanol–water partition coefficient (Wildman–Crippen LogP) is 0.891. The summed E-state index contributed by atoms with van der Waals surface area (Å²) in [6, 6.07) is 0. The summed E-state index contributed by atoms with van der Waals surface area (Å²) in [5, 5.41) is 13.4. The molecule has 1 aromatic heterocycles. The van der Waals surface area contributed by atoms with Crippen LogP contribution in [-0.4, -0.2) is 20.7 Å². The minimum atomic E-state index is -0.206. The van der Waals surface area contributed by atoms with Gasteiger partial charge in [-0.15, -0.1) is 0 Å². The predicted molar refractivity (Wildman–Crippen MR) is 44.3 cm³/mol. The monoisotopic (exact) mass is 168 g/mol. The molecule has 1 aromatic rings. The molecule has 0 atom stereocenters. The lowest BCUT2D eigenvalue weighted by molar-refractivity contribution is 0.101. The lowest BCUT2D eigenvalue weighted by Gasteiger charge is -1.95. The first-order valence-corrected chi connectivity index (χ1v) is 3.83. The van der Waals surface area contributed by atoms with Crippen LogP contribution in [0.2, 0.25) is 0 Å². The molecule has 0 unspecified atom stereocenters. The van der Waals surface area contributed by atoms with Gasteiger partial charge >= 0.3 is 0 Å². The van der Waals surface area contributed by atoms with Gasteiger partial charge in [-0.2, -0.15) is 5.10 Å². The number of Topliss-reactive ketones (excluding diaryl/α,β-unsaturated/α-hetero) is 1. The van der Waals surface area contributed by atoms with Gasteiger partial charge in [-0.25, -0.2) is 0 Å². The minimum absolute atomic E-state index is 0.0208.